The minimum absolute atomic E-state index is 0.0343. The summed E-state index contributed by atoms with van der Waals surface area (Å²) in [5.74, 6) is -0.0343. The van der Waals surface area contributed by atoms with Gasteiger partial charge in [0.05, 0.1) is 6.10 Å². The maximum atomic E-state index is 11.3. The normalized spacial score (nSPS) is 28.8. The van der Waals surface area contributed by atoms with Gasteiger partial charge in [0, 0.05) is 12.6 Å². The fourth-order valence-corrected chi connectivity index (χ4v) is 1.77. The molecule has 3 atom stereocenters. The number of carbonyl (C=O) groups is 1. The van der Waals surface area contributed by atoms with Gasteiger partial charge in [0.1, 0.15) is 6.10 Å². The van der Waals surface area contributed by atoms with Gasteiger partial charge in [-0.1, -0.05) is 0 Å². The SMILES string of the molecule is CCNC(=O)C(C)OC1CCC(N)C1. The van der Waals surface area contributed by atoms with Crippen LogP contribution in [-0.4, -0.2) is 30.7 Å². The summed E-state index contributed by atoms with van der Waals surface area (Å²) in [5.41, 5.74) is 5.76. The van der Waals surface area contributed by atoms with Crippen LogP contribution in [0.2, 0.25) is 0 Å². The second kappa shape index (κ2) is 5.32. The molecule has 82 valence electrons. The standard InChI is InChI=1S/C10H20N2O2/c1-3-12-10(13)7(2)14-9-5-4-8(11)6-9/h7-9H,3-6,11H2,1-2H3,(H,12,13). The van der Waals surface area contributed by atoms with Crippen LogP contribution in [0.15, 0.2) is 0 Å². The van der Waals surface area contributed by atoms with E-state index in [1.165, 1.54) is 0 Å². The van der Waals surface area contributed by atoms with E-state index >= 15 is 0 Å². The van der Waals surface area contributed by atoms with Crippen LogP contribution in [0.1, 0.15) is 33.1 Å². The summed E-state index contributed by atoms with van der Waals surface area (Å²) in [6.07, 6.45) is 2.68. The highest BCUT2D eigenvalue weighted by atomic mass is 16.5. The smallest absolute Gasteiger partial charge is 0.248 e. The van der Waals surface area contributed by atoms with Gasteiger partial charge in [-0.2, -0.15) is 0 Å². The molecule has 0 radical (unpaired) electrons. The molecule has 1 saturated carbocycles. The van der Waals surface area contributed by atoms with Crippen LogP contribution in [0.3, 0.4) is 0 Å². The summed E-state index contributed by atoms with van der Waals surface area (Å²) in [5, 5.41) is 2.74. The summed E-state index contributed by atoms with van der Waals surface area (Å²) in [6, 6.07) is 0.251. The van der Waals surface area contributed by atoms with E-state index in [-0.39, 0.29) is 24.2 Å². The summed E-state index contributed by atoms with van der Waals surface area (Å²) in [7, 11) is 0. The molecule has 0 aromatic carbocycles. The zero-order valence-electron chi connectivity index (χ0n) is 8.95. The molecule has 0 saturated heterocycles. The number of rotatable bonds is 4. The molecule has 3 N–H and O–H groups in total. The number of carbonyl (C=O) groups excluding carboxylic acids is 1. The predicted octanol–water partition coefficient (Wildman–Crippen LogP) is 0.407. The van der Waals surface area contributed by atoms with Crippen molar-refractivity contribution in [1.82, 2.24) is 5.32 Å². The lowest BCUT2D eigenvalue weighted by Gasteiger charge is -2.17. The second-order valence-electron chi connectivity index (χ2n) is 3.87. The maximum Gasteiger partial charge on any atom is 0.248 e. The summed E-state index contributed by atoms with van der Waals surface area (Å²) in [6.45, 7) is 4.33. The first-order chi connectivity index (χ1) is 6.63. The fraction of sp³-hybridized carbons (Fsp3) is 0.900. The number of likely N-dealkylation sites (N-methyl/N-ethyl adjacent to an activating group) is 1. The van der Waals surface area contributed by atoms with Crippen molar-refractivity contribution in [2.24, 2.45) is 5.73 Å². The molecule has 1 aliphatic rings. The molecule has 1 aliphatic carbocycles. The van der Waals surface area contributed by atoms with Crippen molar-refractivity contribution in [3.63, 3.8) is 0 Å². The van der Waals surface area contributed by atoms with Crippen molar-refractivity contribution < 1.29 is 9.53 Å². The Kier molecular flexibility index (Phi) is 4.35. The van der Waals surface area contributed by atoms with Gasteiger partial charge < -0.3 is 15.8 Å². The first kappa shape index (κ1) is 11.5. The molecular weight excluding hydrogens is 180 g/mol. The Labute approximate surface area is 85.2 Å². The number of nitrogens with two attached hydrogens (primary N) is 1. The molecule has 14 heavy (non-hydrogen) atoms. The van der Waals surface area contributed by atoms with Crippen molar-refractivity contribution in [3.8, 4) is 0 Å². The summed E-state index contributed by atoms with van der Waals surface area (Å²) < 4.78 is 5.60. The van der Waals surface area contributed by atoms with Gasteiger partial charge >= 0.3 is 0 Å². The predicted molar refractivity (Wildman–Crippen MR) is 54.8 cm³/mol. The van der Waals surface area contributed by atoms with Gasteiger partial charge in [-0.25, -0.2) is 0 Å². The Morgan fingerprint density at radius 2 is 2.36 bits per heavy atom. The highest BCUT2D eigenvalue weighted by Crippen LogP contribution is 2.21. The van der Waals surface area contributed by atoms with E-state index in [1.807, 2.05) is 6.92 Å². The number of hydrogen-bond donors (Lipinski definition) is 2. The quantitative estimate of drug-likeness (QED) is 0.690. The fourth-order valence-electron chi connectivity index (χ4n) is 1.77. The molecule has 4 nitrogen and oxygen atoms in total. The van der Waals surface area contributed by atoms with Gasteiger partial charge in [-0.3, -0.25) is 4.79 Å². The Morgan fingerprint density at radius 3 is 2.86 bits per heavy atom. The van der Waals surface area contributed by atoms with E-state index in [9.17, 15) is 4.79 Å². The largest absolute Gasteiger partial charge is 0.365 e. The molecule has 1 amide bonds. The average Bonchev–Trinajstić information content (AvgIpc) is 2.51. The maximum absolute atomic E-state index is 11.3. The number of nitrogens with one attached hydrogen (secondary N) is 1. The highest BCUT2D eigenvalue weighted by molar-refractivity contribution is 5.80. The van der Waals surface area contributed by atoms with E-state index in [0.717, 1.165) is 19.3 Å². The zero-order valence-corrected chi connectivity index (χ0v) is 8.95. The number of hydrogen-bond acceptors (Lipinski definition) is 3. The van der Waals surface area contributed by atoms with E-state index < -0.39 is 0 Å². The Balaban J connectivity index is 2.26. The van der Waals surface area contributed by atoms with Gasteiger partial charge in [-0.15, -0.1) is 0 Å². The van der Waals surface area contributed by atoms with Crippen LogP contribution in [0.4, 0.5) is 0 Å². The molecule has 0 heterocycles. The van der Waals surface area contributed by atoms with Crippen molar-refractivity contribution in [2.45, 2.75) is 51.4 Å². The number of ether oxygens (including phenoxy) is 1. The molecule has 0 aliphatic heterocycles. The summed E-state index contributed by atoms with van der Waals surface area (Å²) >= 11 is 0. The topological polar surface area (TPSA) is 64.3 Å². The molecule has 0 bridgehead atoms. The Hall–Kier alpha value is -0.610. The van der Waals surface area contributed by atoms with Crippen LogP contribution in [0.5, 0.6) is 0 Å². The molecule has 3 unspecified atom stereocenters. The monoisotopic (exact) mass is 200 g/mol. The van der Waals surface area contributed by atoms with Crippen LogP contribution >= 0.6 is 0 Å². The van der Waals surface area contributed by atoms with Crippen molar-refractivity contribution in [1.29, 1.82) is 0 Å². The molecule has 4 heteroatoms. The average molecular weight is 200 g/mol. The van der Waals surface area contributed by atoms with Crippen molar-refractivity contribution in [3.05, 3.63) is 0 Å². The van der Waals surface area contributed by atoms with Gasteiger partial charge in [0.2, 0.25) is 5.91 Å². The minimum atomic E-state index is -0.356. The highest BCUT2D eigenvalue weighted by Gasteiger charge is 2.25. The van der Waals surface area contributed by atoms with Crippen LogP contribution in [-0.2, 0) is 9.53 Å². The van der Waals surface area contributed by atoms with Gasteiger partial charge in [-0.05, 0) is 33.1 Å². The van der Waals surface area contributed by atoms with Crippen LogP contribution in [0.25, 0.3) is 0 Å². The third-order valence-corrected chi connectivity index (χ3v) is 2.54. The Morgan fingerprint density at radius 1 is 1.64 bits per heavy atom. The van der Waals surface area contributed by atoms with Crippen molar-refractivity contribution >= 4 is 5.91 Å². The minimum Gasteiger partial charge on any atom is -0.365 e. The molecule has 1 fully saturated rings. The molecule has 0 spiro atoms. The van der Waals surface area contributed by atoms with Crippen LogP contribution in [0, 0.1) is 0 Å². The lowest BCUT2D eigenvalue weighted by Crippen LogP contribution is -2.36. The third kappa shape index (κ3) is 3.27. The lowest BCUT2D eigenvalue weighted by atomic mass is 10.2. The third-order valence-electron chi connectivity index (χ3n) is 2.54. The van der Waals surface area contributed by atoms with E-state index in [4.69, 9.17) is 10.5 Å². The molecule has 0 aromatic rings. The van der Waals surface area contributed by atoms with Crippen molar-refractivity contribution in [2.75, 3.05) is 6.54 Å². The van der Waals surface area contributed by atoms with Gasteiger partial charge in [0.15, 0.2) is 0 Å². The van der Waals surface area contributed by atoms with Crippen LogP contribution < -0.4 is 11.1 Å². The zero-order chi connectivity index (χ0) is 10.6. The Bertz CT molecular complexity index is 197. The molecule has 1 rings (SSSR count). The molecular formula is C10H20N2O2. The second-order valence-corrected chi connectivity index (χ2v) is 3.87. The van der Waals surface area contributed by atoms with E-state index in [0.29, 0.717) is 6.54 Å². The first-order valence-electron chi connectivity index (χ1n) is 5.32. The first-order valence-corrected chi connectivity index (χ1v) is 5.32. The number of amides is 1. The van der Waals surface area contributed by atoms with Gasteiger partial charge in [0.25, 0.3) is 0 Å². The van der Waals surface area contributed by atoms with E-state index in [2.05, 4.69) is 5.32 Å². The molecule has 0 aromatic heterocycles. The lowest BCUT2D eigenvalue weighted by molar-refractivity contribution is -0.135. The summed E-state index contributed by atoms with van der Waals surface area (Å²) in [4.78, 5) is 11.3. The van der Waals surface area contributed by atoms with E-state index in [1.54, 1.807) is 6.92 Å².